The molecule has 3 aromatic rings. The van der Waals surface area contributed by atoms with Crippen LogP contribution in [0.3, 0.4) is 0 Å². The van der Waals surface area contributed by atoms with Gasteiger partial charge in [-0.3, -0.25) is 0 Å². The first-order valence-electron chi connectivity index (χ1n) is 10.2. The second-order valence-electron chi connectivity index (χ2n) is 6.89. The second-order valence-corrected chi connectivity index (χ2v) is 8.01. The lowest BCUT2D eigenvalue weighted by Gasteiger charge is -2.14. The average molecular weight is 427 g/mol. The van der Waals surface area contributed by atoms with Crippen LogP contribution in [0.5, 0.6) is 0 Å². The van der Waals surface area contributed by atoms with Crippen molar-refractivity contribution >= 4 is 33.1 Å². The molecule has 6 nitrogen and oxygen atoms in total. The normalized spacial score (nSPS) is 12.7. The lowest BCUT2D eigenvalue weighted by atomic mass is 10.2. The molecule has 0 aliphatic heterocycles. The van der Waals surface area contributed by atoms with Crippen molar-refractivity contribution in [2.24, 2.45) is 4.99 Å². The summed E-state index contributed by atoms with van der Waals surface area (Å²) >= 11 is 1.62. The largest absolute Gasteiger partial charge is 0.386 e. The summed E-state index contributed by atoms with van der Waals surface area (Å²) in [7, 11) is 1.69. The molecule has 0 aliphatic carbocycles. The maximum Gasteiger partial charge on any atom is 0.191 e. The third-order valence-electron chi connectivity index (χ3n) is 4.59. The minimum Gasteiger partial charge on any atom is -0.386 e. The zero-order valence-electron chi connectivity index (χ0n) is 17.5. The van der Waals surface area contributed by atoms with Gasteiger partial charge >= 0.3 is 0 Å². The van der Waals surface area contributed by atoms with Gasteiger partial charge in [0, 0.05) is 42.0 Å². The molecule has 0 bridgehead atoms. The van der Waals surface area contributed by atoms with Gasteiger partial charge in [-0.25, -0.2) is 4.99 Å². The molecule has 2 aromatic carbocycles. The molecule has 1 unspecified atom stereocenters. The van der Waals surface area contributed by atoms with Gasteiger partial charge in [0.2, 0.25) is 0 Å². The van der Waals surface area contributed by atoms with Crippen molar-refractivity contribution in [3.8, 4) is 0 Å². The highest BCUT2D eigenvalue weighted by Gasteiger charge is 2.12. The highest BCUT2D eigenvalue weighted by atomic mass is 32.1. The summed E-state index contributed by atoms with van der Waals surface area (Å²) in [6, 6.07) is 18.5. The molecular weight excluding hydrogens is 396 g/mol. The first kappa shape index (κ1) is 22.1. The number of thiophene rings is 1. The molecule has 1 atom stereocenters. The van der Waals surface area contributed by atoms with Crippen molar-refractivity contribution in [1.82, 2.24) is 10.6 Å². The Morgan fingerprint density at radius 3 is 2.67 bits per heavy atom. The number of nitrogens with one attached hydrogen (secondary N) is 3. The van der Waals surface area contributed by atoms with Gasteiger partial charge in [0.25, 0.3) is 0 Å². The molecule has 0 radical (unpaired) electrons. The average Bonchev–Trinajstić information content (AvgIpc) is 3.21. The lowest BCUT2D eigenvalue weighted by Crippen LogP contribution is -2.39. The van der Waals surface area contributed by atoms with Gasteiger partial charge < -0.3 is 25.8 Å². The molecule has 0 spiro atoms. The number of aliphatic imine (C=N–C) groups is 1. The van der Waals surface area contributed by atoms with Crippen LogP contribution in [0.4, 0.5) is 5.69 Å². The molecule has 160 valence electrons. The maximum atomic E-state index is 10.6. The second kappa shape index (κ2) is 11.5. The summed E-state index contributed by atoms with van der Waals surface area (Å²) in [5, 5.41) is 21.5. The van der Waals surface area contributed by atoms with Gasteiger partial charge in [-0.2, -0.15) is 0 Å². The third-order valence-corrected chi connectivity index (χ3v) is 5.81. The van der Waals surface area contributed by atoms with Gasteiger partial charge in [0.15, 0.2) is 5.96 Å². The SMILES string of the molecule is CCNC(=NCc1ccc(NCCOC)cc1)NCC(O)c1cc2ccccc2s1. The molecule has 7 heteroatoms. The number of ether oxygens (including phenoxy) is 1. The van der Waals surface area contributed by atoms with Crippen molar-refractivity contribution < 1.29 is 9.84 Å². The minimum atomic E-state index is -0.580. The highest BCUT2D eigenvalue weighted by Crippen LogP contribution is 2.29. The van der Waals surface area contributed by atoms with Gasteiger partial charge in [-0.1, -0.05) is 30.3 Å². The summed E-state index contributed by atoms with van der Waals surface area (Å²) in [5.74, 6) is 0.694. The predicted molar refractivity (Wildman–Crippen MR) is 126 cm³/mol. The van der Waals surface area contributed by atoms with E-state index in [1.807, 2.05) is 31.2 Å². The quantitative estimate of drug-likeness (QED) is 0.226. The number of benzene rings is 2. The molecule has 0 aliphatic rings. The monoisotopic (exact) mass is 426 g/mol. The van der Waals surface area contributed by atoms with Crippen molar-refractivity contribution in [2.75, 3.05) is 38.7 Å². The van der Waals surface area contributed by atoms with E-state index in [1.165, 1.54) is 4.70 Å². The summed E-state index contributed by atoms with van der Waals surface area (Å²) in [5.41, 5.74) is 2.19. The van der Waals surface area contributed by atoms with Crippen LogP contribution in [-0.4, -0.2) is 44.4 Å². The molecule has 0 saturated heterocycles. The van der Waals surface area contributed by atoms with Crippen LogP contribution >= 0.6 is 11.3 Å². The standard InChI is InChI=1S/C23H30N4O2S/c1-3-24-23(26-15-17-8-10-19(11-9-17)25-12-13-29-2)27-16-20(28)22-14-18-6-4-5-7-21(18)30-22/h4-11,14,20,25,28H,3,12-13,15-16H2,1-2H3,(H2,24,26,27). The number of fused-ring (bicyclic) bond motifs is 1. The molecule has 0 amide bonds. The molecule has 0 saturated carbocycles. The maximum absolute atomic E-state index is 10.6. The van der Waals surface area contributed by atoms with E-state index in [2.05, 4.69) is 51.3 Å². The molecule has 1 heterocycles. The Morgan fingerprint density at radius 2 is 1.93 bits per heavy atom. The van der Waals surface area contributed by atoms with E-state index in [1.54, 1.807) is 18.4 Å². The fourth-order valence-electron chi connectivity index (χ4n) is 3.00. The van der Waals surface area contributed by atoms with E-state index < -0.39 is 6.10 Å². The molecule has 3 rings (SSSR count). The zero-order chi connectivity index (χ0) is 21.2. The molecular formula is C23H30N4O2S. The van der Waals surface area contributed by atoms with E-state index in [0.717, 1.165) is 34.6 Å². The Morgan fingerprint density at radius 1 is 1.13 bits per heavy atom. The number of aliphatic hydroxyl groups excluding tert-OH is 1. The fraction of sp³-hybridized carbons (Fsp3) is 0.348. The van der Waals surface area contributed by atoms with Crippen molar-refractivity contribution in [3.63, 3.8) is 0 Å². The highest BCUT2D eigenvalue weighted by molar-refractivity contribution is 7.19. The van der Waals surface area contributed by atoms with Crippen LogP contribution < -0.4 is 16.0 Å². The number of guanidine groups is 1. The summed E-state index contributed by atoms with van der Waals surface area (Å²) in [6.07, 6.45) is -0.580. The topological polar surface area (TPSA) is 77.9 Å². The predicted octanol–water partition coefficient (Wildman–Crippen LogP) is 3.75. The number of anilines is 1. The van der Waals surface area contributed by atoms with Crippen LogP contribution in [0.25, 0.3) is 10.1 Å². The first-order valence-corrected chi connectivity index (χ1v) is 11.0. The summed E-state index contributed by atoms with van der Waals surface area (Å²) in [6.45, 7) is 5.21. The van der Waals surface area contributed by atoms with Gasteiger partial charge in [0.1, 0.15) is 6.10 Å². The number of hydrogen-bond donors (Lipinski definition) is 4. The Balaban J connectivity index is 1.54. The number of nitrogens with zero attached hydrogens (tertiary/aromatic N) is 1. The van der Waals surface area contributed by atoms with E-state index in [0.29, 0.717) is 25.7 Å². The van der Waals surface area contributed by atoms with Gasteiger partial charge in [-0.15, -0.1) is 11.3 Å². The van der Waals surface area contributed by atoms with Crippen molar-refractivity contribution in [2.45, 2.75) is 19.6 Å². The lowest BCUT2D eigenvalue weighted by molar-refractivity contribution is 0.184. The Labute approximate surface area is 182 Å². The van der Waals surface area contributed by atoms with Crippen molar-refractivity contribution in [1.29, 1.82) is 0 Å². The van der Waals surface area contributed by atoms with Gasteiger partial charge in [0.05, 0.1) is 13.2 Å². The fourth-order valence-corrected chi connectivity index (χ4v) is 4.05. The van der Waals surface area contributed by atoms with Crippen LogP contribution in [0, 0.1) is 0 Å². The third kappa shape index (κ3) is 6.45. The molecule has 1 aromatic heterocycles. The summed E-state index contributed by atoms with van der Waals surface area (Å²) < 4.78 is 6.23. The Kier molecular flexibility index (Phi) is 8.50. The molecule has 4 N–H and O–H groups in total. The van der Waals surface area contributed by atoms with Crippen LogP contribution in [-0.2, 0) is 11.3 Å². The van der Waals surface area contributed by atoms with E-state index in [-0.39, 0.29) is 0 Å². The van der Waals surface area contributed by atoms with Crippen molar-refractivity contribution in [3.05, 3.63) is 65.0 Å². The van der Waals surface area contributed by atoms with E-state index >= 15 is 0 Å². The number of aliphatic hydroxyl groups is 1. The van der Waals surface area contributed by atoms with E-state index in [9.17, 15) is 5.11 Å². The minimum absolute atomic E-state index is 0.404. The number of hydrogen-bond acceptors (Lipinski definition) is 5. The smallest absolute Gasteiger partial charge is 0.191 e. The Bertz CT molecular complexity index is 907. The van der Waals surface area contributed by atoms with Gasteiger partial charge in [-0.05, 0) is 42.1 Å². The van der Waals surface area contributed by atoms with E-state index in [4.69, 9.17) is 4.74 Å². The molecule has 30 heavy (non-hydrogen) atoms. The van der Waals surface area contributed by atoms with Crippen LogP contribution in [0.15, 0.2) is 59.6 Å². The van der Waals surface area contributed by atoms with Crippen LogP contribution in [0.1, 0.15) is 23.5 Å². The van der Waals surface area contributed by atoms with Crippen LogP contribution in [0.2, 0.25) is 0 Å². The number of rotatable bonds is 10. The molecule has 0 fully saturated rings. The number of methoxy groups -OCH3 is 1. The first-order chi connectivity index (χ1) is 14.7. The zero-order valence-corrected chi connectivity index (χ0v) is 18.3. The summed E-state index contributed by atoms with van der Waals surface area (Å²) in [4.78, 5) is 5.60. The Hall–Kier alpha value is -2.61.